The van der Waals surface area contributed by atoms with E-state index >= 15 is 0 Å². The van der Waals surface area contributed by atoms with E-state index in [0.29, 0.717) is 12.0 Å². The molecule has 0 saturated carbocycles. The number of hydrogen-bond acceptors (Lipinski definition) is 4. The van der Waals surface area contributed by atoms with Crippen molar-refractivity contribution in [1.82, 2.24) is 10.3 Å². The Kier molecular flexibility index (Phi) is 7.46. The average molecular weight is 407 g/mol. The Labute approximate surface area is 167 Å². The third kappa shape index (κ3) is 6.70. The molecule has 0 aliphatic carbocycles. The van der Waals surface area contributed by atoms with Gasteiger partial charge in [0.05, 0.1) is 6.04 Å². The van der Waals surface area contributed by atoms with Gasteiger partial charge in [-0.3, -0.25) is 4.79 Å². The zero-order valence-electron chi connectivity index (χ0n) is 16.3. The number of anilines is 1. The molecule has 0 aliphatic rings. The maximum Gasteiger partial charge on any atom is 0.404 e. The first-order chi connectivity index (χ1) is 13.7. The number of benzene rings is 1. The highest BCUT2D eigenvalue weighted by molar-refractivity contribution is 5.88. The van der Waals surface area contributed by atoms with Gasteiger partial charge in [-0.25, -0.2) is 18.6 Å². The molecule has 1 atom stereocenters. The lowest BCUT2D eigenvalue weighted by Crippen LogP contribution is -2.39. The van der Waals surface area contributed by atoms with Crippen molar-refractivity contribution in [2.45, 2.75) is 33.2 Å². The van der Waals surface area contributed by atoms with E-state index in [0.717, 1.165) is 12.1 Å². The van der Waals surface area contributed by atoms with Crippen molar-refractivity contribution >= 4 is 17.8 Å². The SMILES string of the molecule is CC(=O)Nc1cc(-c2cc(F)c(OCC(CC(C)C)NC(=O)O)cc2F)ccn1. The number of nitrogens with one attached hydrogen (secondary N) is 2. The Balaban J connectivity index is 2.20. The number of hydrogen-bond donors (Lipinski definition) is 3. The van der Waals surface area contributed by atoms with Crippen molar-refractivity contribution in [3.05, 3.63) is 42.1 Å². The van der Waals surface area contributed by atoms with Gasteiger partial charge in [-0.1, -0.05) is 13.8 Å². The second kappa shape index (κ2) is 9.81. The lowest BCUT2D eigenvalue weighted by atomic mass is 10.0. The molecule has 2 amide bonds. The lowest BCUT2D eigenvalue weighted by Gasteiger charge is -2.20. The Hall–Kier alpha value is -3.23. The molecule has 0 aliphatic heterocycles. The number of amides is 2. The van der Waals surface area contributed by atoms with Crippen LogP contribution in [0, 0.1) is 17.6 Å². The summed E-state index contributed by atoms with van der Waals surface area (Å²) in [6.45, 7) is 5.00. The first-order valence-corrected chi connectivity index (χ1v) is 9.01. The van der Waals surface area contributed by atoms with Crippen LogP contribution in [0.15, 0.2) is 30.5 Å². The van der Waals surface area contributed by atoms with E-state index in [9.17, 15) is 18.4 Å². The van der Waals surface area contributed by atoms with E-state index in [1.165, 1.54) is 25.3 Å². The van der Waals surface area contributed by atoms with Crippen molar-refractivity contribution in [3.63, 3.8) is 0 Å². The van der Waals surface area contributed by atoms with Crippen LogP contribution in [-0.4, -0.2) is 34.7 Å². The quantitative estimate of drug-likeness (QED) is 0.613. The van der Waals surface area contributed by atoms with Crippen LogP contribution in [-0.2, 0) is 4.79 Å². The minimum Gasteiger partial charge on any atom is -0.488 e. The molecule has 0 fully saturated rings. The summed E-state index contributed by atoms with van der Waals surface area (Å²) in [6.07, 6.45) is 0.641. The molecule has 1 aromatic carbocycles. The van der Waals surface area contributed by atoms with E-state index in [2.05, 4.69) is 15.6 Å². The first kappa shape index (κ1) is 22.1. The van der Waals surface area contributed by atoms with Crippen LogP contribution in [0.3, 0.4) is 0 Å². The third-order valence-corrected chi connectivity index (χ3v) is 3.92. The monoisotopic (exact) mass is 407 g/mol. The molecule has 1 unspecified atom stereocenters. The smallest absolute Gasteiger partial charge is 0.404 e. The van der Waals surface area contributed by atoms with Crippen molar-refractivity contribution in [3.8, 4) is 16.9 Å². The maximum atomic E-state index is 14.6. The van der Waals surface area contributed by atoms with Crippen LogP contribution < -0.4 is 15.4 Å². The van der Waals surface area contributed by atoms with Crippen molar-refractivity contribution in [2.75, 3.05) is 11.9 Å². The number of carboxylic acid groups (broad SMARTS) is 1. The predicted octanol–water partition coefficient (Wildman–Crippen LogP) is 4.05. The molecule has 9 heteroatoms. The van der Waals surface area contributed by atoms with Crippen molar-refractivity contribution in [2.24, 2.45) is 5.92 Å². The molecule has 0 saturated heterocycles. The summed E-state index contributed by atoms with van der Waals surface area (Å²) in [7, 11) is 0. The average Bonchev–Trinajstić information content (AvgIpc) is 2.60. The Bertz CT molecular complexity index is 890. The number of carbonyl (C=O) groups is 2. The van der Waals surface area contributed by atoms with Gasteiger partial charge >= 0.3 is 6.09 Å². The van der Waals surface area contributed by atoms with Gasteiger partial charge in [0.2, 0.25) is 5.91 Å². The van der Waals surface area contributed by atoms with Gasteiger partial charge in [0.15, 0.2) is 11.6 Å². The molecule has 2 rings (SSSR count). The molecule has 0 spiro atoms. The van der Waals surface area contributed by atoms with Gasteiger partial charge in [-0.15, -0.1) is 0 Å². The molecular weight excluding hydrogens is 384 g/mol. The zero-order valence-corrected chi connectivity index (χ0v) is 16.3. The van der Waals surface area contributed by atoms with Gasteiger partial charge in [0.25, 0.3) is 0 Å². The first-order valence-electron chi connectivity index (χ1n) is 9.01. The largest absolute Gasteiger partial charge is 0.488 e. The lowest BCUT2D eigenvalue weighted by molar-refractivity contribution is -0.114. The fourth-order valence-corrected chi connectivity index (χ4v) is 2.81. The number of ether oxygens (including phenoxy) is 1. The molecule has 7 nitrogen and oxygen atoms in total. The molecule has 1 aromatic heterocycles. The van der Waals surface area contributed by atoms with Gasteiger partial charge in [-0.2, -0.15) is 0 Å². The second-order valence-electron chi connectivity index (χ2n) is 6.96. The summed E-state index contributed by atoms with van der Waals surface area (Å²) in [5, 5.41) is 13.7. The highest BCUT2D eigenvalue weighted by atomic mass is 19.1. The Morgan fingerprint density at radius 2 is 1.93 bits per heavy atom. The topological polar surface area (TPSA) is 101 Å². The van der Waals surface area contributed by atoms with Gasteiger partial charge in [0, 0.05) is 24.8 Å². The van der Waals surface area contributed by atoms with E-state index in [4.69, 9.17) is 9.84 Å². The number of rotatable bonds is 8. The number of nitrogens with zero attached hydrogens (tertiary/aromatic N) is 1. The summed E-state index contributed by atoms with van der Waals surface area (Å²) in [4.78, 5) is 26.0. The van der Waals surface area contributed by atoms with Gasteiger partial charge in [-0.05, 0) is 36.1 Å². The van der Waals surface area contributed by atoms with Crippen molar-refractivity contribution < 1.29 is 28.2 Å². The van der Waals surface area contributed by atoms with Gasteiger partial charge < -0.3 is 20.5 Å². The number of halogens is 2. The van der Waals surface area contributed by atoms with E-state index in [1.807, 2.05) is 13.8 Å². The molecule has 0 radical (unpaired) electrons. The highest BCUT2D eigenvalue weighted by Crippen LogP contribution is 2.30. The fraction of sp³-hybridized carbons (Fsp3) is 0.350. The number of carbonyl (C=O) groups excluding carboxylic acids is 1. The fourth-order valence-electron chi connectivity index (χ4n) is 2.81. The standard InChI is InChI=1S/C20H23F2N3O4/c1-11(2)6-14(25-20(27)28)10-29-18-9-16(21)15(8-17(18)22)13-4-5-23-19(7-13)24-12(3)26/h4-5,7-9,11,14,25H,6,10H2,1-3H3,(H,27,28)(H,23,24,26). The molecular formula is C20H23F2N3O4. The summed E-state index contributed by atoms with van der Waals surface area (Å²) in [5.41, 5.74) is 0.308. The normalized spacial score (nSPS) is 11.8. The minimum atomic E-state index is -1.21. The Morgan fingerprint density at radius 3 is 2.55 bits per heavy atom. The van der Waals surface area contributed by atoms with E-state index < -0.39 is 23.8 Å². The predicted molar refractivity (Wildman–Crippen MR) is 104 cm³/mol. The summed E-state index contributed by atoms with van der Waals surface area (Å²) < 4.78 is 34.4. The minimum absolute atomic E-state index is 0.0220. The van der Waals surface area contributed by atoms with Crippen molar-refractivity contribution in [1.29, 1.82) is 0 Å². The van der Waals surface area contributed by atoms with Crippen LogP contribution in [0.2, 0.25) is 0 Å². The molecule has 156 valence electrons. The molecule has 0 bridgehead atoms. The summed E-state index contributed by atoms with van der Waals surface area (Å²) in [6, 6.07) is 4.25. The molecule has 2 aromatic rings. The number of pyridine rings is 1. The maximum absolute atomic E-state index is 14.6. The third-order valence-electron chi connectivity index (χ3n) is 3.92. The van der Waals surface area contributed by atoms with E-state index in [-0.39, 0.29) is 35.6 Å². The molecule has 1 heterocycles. The second-order valence-corrected chi connectivity index (χ2v) is 6.96. The summed E-state index contributed by atoms with van der Waals surface area (Å²) in [5.74, 6) is -1.78. The Morgan fingerprint density at radius 1 is 1.21 bits per heavy atom. The highest BCUT2D eigenvalue weighted by Gasteiger charge is 2.18. The summed E-state index contributed by atoms with van der Waals surface area (Å²) >= 11 is 0. The number of aromatic nitrogens is 1. The molecule has 3 N–H and O–H groups in total. The van der Waals surface area contributed by atoms with E-state index in [1.54, 1.807) is 0 Å². The van der Waals surface area contributed by atoms with Crippen LogP contribution in [0.1, 0.15) is 27.2 Å². The van der Waals surface area contributed by atoms with Crippen LogP contribution in [0.5, 0.6) is 5.75 Å². The van der Waals surface area contributed by atoms with Crippen LogP contribution in [0.25, 0.3) is 11.1 Å². The van der Waals surface area contributed by atoms with Gasteiger partial charge in [0.1, 0.15) is 18.2 Å². The zero-order chi connectivity index (χ0) is 21.6. The van der Waals surface area contributed by atoms with Crippen LogP contribution in [0.4, 0.5) is 19.4 Å². The molecule has 29 heavy (non-hydrogen) atoms. The van der Waals surface area contributed by atoms with Crippen LogP contribution >= 0.6 is 0 Å².